The summed E-state index contributed by atoms with van der Waals surface area (Å²) >= 11 is 0. The van der Waals surface area contributed by atoms with E-state index >= 15 is 0 Å². The summed E-state index contributed by atoms with van der Waals surface area (Å²) in [4.78, 5) is 40.4. The molecule has 152 valence electrons. The number of amides is 4. The number of nitrogens with zero attached hydrogens (tertiary/aromatic N) is 3. The fraction of sp³-hybridized carbons (Fsp3) is 0.550. The summed E-state index contributed by atoms with van der Waals surface area (Å²) in [7, 11) is 1.60. The maximum atomic E-state index is 12.0. The van der Waals surface area contributed by atoms with E-state index < -0.39 is 0 Å². The highest BCUT2D eigenvalue weighted by molar-refractivity contribution is 6.01. The second-order valence-corrected chi connectivity index (χ2v) is 7.27. The molecule has 2 saturated heterocycles. The van der Waals surface area contributed by atoms with Gasteiger partial charge in [-0.05, 0) is 17.5 Å². The van der Waals surface area contributed by atoms with Gasteiger partial charge in [-0.3, -0.25) is 19.4 Å². The first-order chi connectivity index (χ1) is 13.5. The average molecular weight is 388 g/mol. The summed E-state index contributed by atoms with van der Waals surface area (Å²) < 4.78 is 5.36. The molecule has 1 N–H and O–H groups in total. The van der Waals surface area contributed by atoms with Crippen LogP contribution in [-0.4, -0.2) is 79.0 Å². The molecule has 1 aromatic carbocycles. The van der Waals surface area contributed by atoms with Crippen LogP contribution in [0.1, 0.15) is 24.0 Å². The minimum absolute atomic E-state index is 0.0788. The number of carbonyl (C=O) groups is 3. The molecule has 0 aromatic heterocycles. The van der Waals surface area contributed by atoms with Gasteiger partial charge in [-0.2, -0.15) is 0 Å². The second kappa shape index (κ2) is 9.66. The predicted octanol–water partition coefficient (Wildman–Crippen LogP) is 0.809. The van der Waals surface area contributed by atoms with Crippen molar-refractivity contribution in [2.75, 3.05) is 46.4 Å². The predicted molar refractivity (Wildman–Crippen MR) is 103 cm³/mol. The van der Waals surface area contributed by atoms with E-state index in [2.05, 4.69) is 22.3 Å². The fourth-order valence-electron chi connectivity index (χ4n) is 3.36. The number of likely N-dealkylation sites (N-methyl/N-ethyl adjacent to an activating group) is 1. The van der Waals surface area contributed by atoms with E-state index in [0.717, 1.165) is 38.4 Å². The highest BCUT2D eigenvalue weighted by Crippen LogP contribution is 2.10. The molecular formula is C20H28N4O4. The maximum absolute atomic E-state index is 12.0. The Morgan fingerprint density at radius 1 is 1.11 bits per heavy atom. The molecule has 0 aliphatic carbocycles. The van der Waals surface area contributed by atoms with Gasteiger partial charge in [0.2, 0.25) is 11.8 Å². The molecule has 0 bridgehead atoms. The molecule has 28 heavy (non-hydrogen) atoms. The molecule has 2 aliphatic rings. The third-order valence-electron chi connectivity index (χ3n) is 5.04. The Morgan fingerprint density at radius 2 is 1.79 bits per heavy atom. The summed E-state index contributed by atoms with van der Waals surface area (Å²) in [6, 6.07) is 7.97. The Bertz CT molecular complexity index is 701. The van der Waals surface area contributed by atoms with E-state index in [-0.39, 0.29) is 37.4 Å². The van der Waals surface area contributed by atoms with Crippen LogP contribution >= 0.6 is 0 Å². The van der Waals surface area contributed by atoms with Crippen LogP contribution in [0.5, 0.6) is 0 Å². The number of urea groups is 1. The Balaban J connectivity index is 1.35. The first-order valence-electron chi connectivity index (χ1n) is 9.73. The van der Waals surface area contributed by atoms with Gasteiger partial charge in [0, 0.05) is 46.2 Å². The van der Waals surface area contributed by atoms with E-state index in [4.69, 9.17) is 4.74 Å². The number of hydrogen-bond donors (Lipinski definition) is 1. The molecule has 3 rings (SSSR count). The lowest BCUT2D eigenvalue weighted by Crippen LogP contribution is -2.35. The summed E-state index contributed by atoms with van der Waals surface area (Å²) in [5.41, 5.74) is 2.30. The van der Waals surface area contributed by atoms with E-state index in [9.17, 15) is 14.4 Å². The van der Waals surface area contributed by atoms with Crippen LogP contribution in [-0.2, 0) is 27.4 Å². The monoisotopic (exact) mass is 388 g/mol. The molecule has 1 aromatic rings. The lowest BCUT2D eigenvalue weighted by atomic mass is 10.1. The third kappa shape index (κ3) is 5.53. The zero-order chi connectivity index (χ0) is 19.9. The molecule has 8 nitrogen and oxygen atoms in total. The molecule has 0 unspecified atom stereocenters. The van der Waals surface area contributed by atoms with Gasteiger partial charge >= 0.3 is 6.03 Å². The Kier molecular flexibility index (Phi) is 7.00. The van der Waals surface area contributed by atoms with Gasteiger partial charge in [-0.1, -0.05) is 24.3 Å². The minimum Gasteiger partial charge on any atom is -0.379 e. The van der Waals surface area contributed by atoms with Crippen LogP contribution in [0, 0.1) is 0 Å². The fourth-order valence-corrected chi connectivity index (χ4v) is 3.36. The first kappa shape index (κ1) is 20.3. The van der Waals surface area contributed by atoms with E-state index in [1.54, 1.807) is 7.05 Å². The van der Waals surface area contributed by atoms with E-state index in [0.29, 0.717) is 13.0 Å². The normalized spacial score (nSPS) is 18.0. The molecule has 4 amide bonds. The van der Waals surface area contributed by atoms with Crippen molar-refractivity contribution in [1.29, 1.82) is 0 Å². The lowest BCUT2D eigenvalue weighted by Gasteiger charge is -2.26. The topological polar surface area (TPSA) is 82.2 Å². The van der Waals surface area contributed by atoms with Crippen molar-refractivity contribution < 1.29 is 19.1 Å². The van der Waals surface area contributed by atoms with Crippen LogP contribution in [0.4, 0.5) is 4.79 Å². The number of hydrogen-bond acceptors (Lipinski definition) is 5. The zero-order valence-corrected chi connectivity index (χ0v) is 16.4. The van der Waals surface area contributed by atoms with Crippen molar-refractivity contribution in [2.45, 2.75) is 25.9 Å². The second-order valence-electron chi connectivity index (χ2n) is 7.27. The summed E-state index contributed by atoms with van der Waals surface area (Å²) in [5, 5.41) is 2.89. The number of carbonyl (C=O) groups excluding carboxylic acids is 3. The molecule has 0 saturated carbocycles. The Morgan fingerprint density at radius 3 is 2.43 bits per heavy atom. The van der Waals surface area contributed by atoms with Crippen LogP contribution in [0.3, 0.4) is 0 Å². The van der Waals surface area contributed by atoms with Crippen molar-refractivity contribution in [1.82, 2.24) is 20.0 Å². The summed E-state index contributed by atoms with van der Waals surface area (Å²) in [5.74, 6) is -0.282. The summed E-state index contributed by atoms with van der Waals surface area (Å²) in [6.07, 6.45) is 0.755. The number of ether oxygens (including phenoxy) is 1. The van der Waals surface area contributed by atoms with Crippen LogP contribution < -0.4 is 5.32 Å². The van der Waals surface area contributed by atoms with Gasteiger partial charge in [-0.25, -0.2) is 4.79 Å². The largest absolute Gasteiger partial charge is 0.379 e. The van der Waals surface area contributed by atoms with Crippen molar-refractivity contribution in [3.8, 4) is 0 Å². The average Bonchev–Trinajstić information content (AvgIpc) is 2.94. The Labute approximate surface area is 165 Å². The SMILES string of the molecule is CN1CC(=O)N(CCCC(=O)NCc2ccc(CN3CCOCC3)cc2)C1=O. The molecular weight excluding hydrogens is 360 g/mol. The standard InChI is InChI=1S/C20H28N4O4/c1-22-15-19(26)24(20(22)27)8-2-3-18(25)21-13-16-4-6-17(7-5-16)14-23-9-11-28-12-10-23/h4-7H,2-3,8-15H2,1H3,(H,21,25). The van der Waals surface area contributed by atoms with Crippen molar-refractivity contribution in [2.24, 2.45) is 0 Å². The highest BCUT2D eigenvalue weighted by atomic mass is 16.5. The highest BCUT2D eigenvalue weighted by Gasteiger charge is 2.32. The maximum Gasteiger partial charge on any atom is 0.326 e. The molecule has 2 aliphatic heterocycles. The number of rotatable bonds is 8. The zero-order valence-electron chi connectivity index (χ0n) is 16.4. The number of morpholine rings is 1. The number of imide groups is 1. The van der Waals surface area contributed by atoms with Gasteiger partial charge in [0.1, 0.15) is 6.54 Å². The first-order valence-corrected chi connectivity index (χ1v) is 9.73. The molecule has 0 spiro atoms. The minimum atomic E-state index is -0.289. The van der Waals surface area contributed by atoms with Crippen LogP contribution in [0.15, 0.2) is 24.3 Å². The van der Waals surface area contributed by atoms with Crippen LogP contribution in [0.2, 0.25) is 0 Å². The number of nitrogens with one attached hydrogen (secondary N) is 1. The van der Waals surface area contributed by atoms with Crippen molar-refractivity contribution >= 4 is 17.8 Å². The van der Waals surface area contributed by atoms with Crippen molar-refractivity contribution in [3.63, 3.8) is 0 Å². The molecule has 0 radical (unpaired) electrons. The summed E-state index contributed by atoms with van der Waals surface area (Å²) in [6.45, 7) is 5.30. The van der Waals surface area contributed by atoms with Gasteiger partial charge in [-0.15, -0.1) is 0 Å². The van der Waals surface area contributed by atoms with Gasteiger partial charge < -0.3 is 15.0 Å². The molecule has 2 fully saturated rings. The third-order valence-corrected chi connectivity index (χ3v) is 5.04. The molecule has 0 atom stereocenters. The van der Waals surface area contributed by atoms with Crippen LogP contribution in [0.25, 0.3) is 0 Å². The smallest absolute Gasteiger partial charge is 0.326 e. The van der Waals surface area contributed by atoms with E-state index in [1.165, 1.54) is 15.4 Å². The Hall–Kier alpha value is -2.45. The van der Waals surface area contributed by atoms with Crippen molar-refractivity contribution in [3.05, 3.63) is 35.4 Å². The van der Waals surface area contributed by atoms with Gasteiger partial charge in [0.25, 0.3) is 0 Å². The van der Waals surface area contributed by atoms with Gasteiger partial charge in [0.05, 0.1) is 13.2 Å². The lowest BCUT2D eigenvalue weighted by molar-refractivity contribution is -0.126. The number of benzene rings is 1. The van der Waals surface area contributed by atoms with Gasteiger partial charge in [0.15, 0.2) is 0 Å². The quantitative estimate of drug-likeness (QED) is 0.667. The van der Waals surface area contributed by atoms with E-state index in [1.807, 2.05) is 12.1 Å². The molecule has 2 heterocycles. The molecule has 8 heteroatoms.